The predicted molar refractivity (Wildman–Crippen MR) is 247 cm³/mol. The van der Waals surface area contributed by atoms with Crippen molar-refractivity contribution in [3.63, 3.8) is 0 Å². The largest absolute Gasteiger partial charge is 0.497 e. The zero-order valence-electron chi connectivity index (χ0n) is 37.9. The summed E-state index contributed by atoms with van der Waals surface area (Å²) in [5.74, 6) is 1.02. The average Bonchev–Trinajstić information content (AvgIpc) is 4.05. The van der Waals surface area contributed by atoms with Gasteiger partial charge in [-0.15, -0.1) is 0 Å². The molecular weight excluding hydrogens is 831 g/mol. The van der Waals surface area contributed by atoms with E-state index in [-0.39, 0.29) is 46.0 Å². The quantitative estimate of drug-likeness (QED) is 0.110. The minimum Gasteiger partial charge on any atom is -0.497 e. The van der Waals surface area contributed by atoms with Crippen molar-refractivity contribution in [1.29, 1.82) is 0 Å². The lowest BCUT2D eigenvalue weighted by Gasteiger charge is -2.31. The third-order valence-electron chi connectivity index (χ3n) is 13.0. The number of ether oxygens (including phenoxy) is 4. The molecule has 0 saturated carbocycles. The van der Waals surface area contributed by atoms with Gasteiger partial charge in [0.15, 0.2) is 5.82 Å². The summed E-state index contributed by atoms with van der Waals surface area (Å²) in [5, 5.41) is 1.01. The van der Waals surface area contributed by atoms with Crippen molar-refractivity contribution in [1.82, 2.24) is 29.7 Å². The molecule has 340 valence electrons. The summed E-state index contributed by atoms with van der Waals surface area (Å²) in [5.41, 5.74) is 1.06. The Hall–Kier alpha value is -6.35. The fourth-order valence-electron chi connectivity index (χ4n) is 9.61. The number of carbonyl (C=O) groups is 1. The van der Waals surface area contributed by atoms with Crippen LogP contribution in [0, 0.1) is 11.6 Å². The summed E-state index contributed by atoms with van der Waals surface area (Å²) in [6, 6.07) is 22.0. The zero-order valence-corrected chi connectivity index (χ0v) is 37.9. The van der Waals surface area contributed by atoms with Crippen molar-refractivity contribution >= 4 is 39.4 Å². The number of aromatic nitrogens is 4. The standard InChI is InChI=1S/C50H56F2N8O5/c1-49(2,3)65-48(61)58-25-20-35(30-58)57(4)46-38-27-53-45(42(52)43(38)55-47(56-46)64-31-50-21-8-23-60(50)24-9-22-50)44-41-34(10-7-11-39(41)51)26-40(54-44)59(28-32-12-16-36(62-5)17-13-32)29-33-14-18-37(63-6)19-15-33/h7,10-19,26-27,35H,8-9,20-25,28-31H2,1-6H3/t35-/m1/s1. The number of anilines is 2. The molecule has 9 rings (SSSR count). The lowest BCUT2D eigenvalue weighted by atomic mass is 9.95. The Bertz CT molecular complexity index is 2640. The molecule has 3 aromatic heterocycles. The van der Waals surface area contributed by atoms with Crippen LogP contribution in [0.3, 0.4) is 0 Å². The zero-order chi connectivity index (χ0) is 45.5. The highest BCUT2D eigenvalue weighted by atomic mass is 19.1. The van der Waals surface area contributed by atoms with Gasteiger partial charge in [0.05, 0.1) is 25.1 Å². The number of halogens is 2. The molecule has 3 aliphatic heterocycles. The highest BCUT2D eigenvalue weighted by Gasteiger charge is 2.45. The highest BCUT2D eigenvalue weighted by molar-refractivity contribution is 5.99. The maximum Gasteiger partial charge on any atom is 0.410 e. The summed E-state index contributed by atoms with van der Waals surface area (Å²) < 4.78 is 56.9. The van der Waals surface area contributed by atoms with Crippen LogP contribution in [0.25, 0.3) is 33.1 Å². The third kappa shape index (κ3) is 9.03. The van der Waals surface area contributed by atoms with Gasteiger partial charge in [-0.05, 0) is 119 Å². The fraction of sp³-hybridized carbons (Fsp3) is 0.420. The van der Waals surface area contributed by atoms with Gasteiger partial charge in [-0.2, -0.15) is 9.97 Å². The van der Waals surface area contributed by atoms with Crippen molar-refractivity contribution in [2.45, 2.75) is 83.1 Å². The summed E-state index contributed by atoms with van der Waals surface area (Å²) in [6.45, 7) is 9.64. The van der Waals surface area contributed by atoms with Gasteiger partial charge in [-0.25, -0.2) is 18.6 Å². The molecule has 0 unspecified atom stereocenters. The minimum absolute atomic E-state index is 0.0268. The van der Waals surface area contributed by atoms with Crippen molar-refractivity contribution in [2.75, 3.05) is 63.9 Å². The monoisotopic (exact) mass is 886 g/mol. The summed E-state index contributed by atoms with van der Waals surface area (Å²) in [4.78, 5) is 40.7. The highest BCUT2D eigenvalue weighted by Crippen LogP contribution is 2.41. The molecule has 3 aromatic carbocycles. The lowest BCUT2D eigenvalue weighted by molar-refractivity contribution is 0.0292. The molecule has 3 saturated heterocycles. The Balaban J connectivity index is 1.14. The van der Waals surface area contributed by atoms with Gasteiger partial charge in [0.25, 0.3) is 0 Å². The van der Waals surface area contributed by atoms with Crippen LogP contribution in [0.15, 0.2) is 79.0 Å². The molecule has 3 fully saturated rings. The predicted octanol–water partition coefficient (Wildman–Crippen LogP) is 9.20. The molecule has 1 atom stereocenters. The van der Waals surface area contributed by atoms with E-state index >= 15 is 8.78 Å². The normalized spacial score (nSPS) is 17.1. The second kappa shape index (κ2) is 17.9. The van der Waals surface area contributed by atoms with E-state index in [1.165, 1.54) is 12.3 Å². The third-order valence-corrected chi connectivity index (χ3v) is 13.0. The van der Waals surface area contributed by atoms with Gasteiger partial charge in [-0.1, -0.05) is 36.4 Å². The number of methoxy groups -OCH3 is 2. The van der Waals surface area contributed by atoms with E-state index in [1.807, 2.05) is 87.3 Å². The molecule has 1 amide bonds. The fourth-order valence-corrected chi connectivity index (χ4v) is 9.61. The maximum absolute atomic E-state index is 17.8. The molecule has 0 N–H and O–H groups in total. The molecule has 0 bridgehead atoms. The first-order chi connectivity index (χ1) is 31.3. The van der Waals surface area contributed by atoms with Gasteiger partial charge >= 0.3 is 12.1 Å². The summed E-state index contributed by atoms with van der Waals surface area (Å²) in [6.07, 6.45) is 5.97. The first kappa shape index (κ1) is 43.9. The Kier molecular flexibility index (Phi) is 12.1. The lowest BCUT2D eigenvalue weighted by Crippen LogP contribution is -2.43. The Morgan fingerprint density at radius 2 is 1.52 bits per heavy atom. The van der Waals surface area contributed by atoms with E-state index in [0.717, 1.165) is 61.4 Å². The van der Waals surface area contributed by atoms with Gasteiger partial charge in [-0.3, -0.25) is 9.88 Å². The van der Waals surface area contributed by atoms with Crippen LogP contribution >= 0.6 is 0 Å². The molecule has 0 radical (unpaired) electrons. The number of hydrogen-bond donors (Lipinski definition) is 0. The number of fused-ring (bicyclic) bond motifs is 3. The number of hydrogen-bond acceptors (Lipinski definition) is 12. The number of nitrogens with zero attached hydrogens (tertiary/aromatic N) is 8. The first-order valence-corrected chi connectivity index (χ1v) is 22.4. The molecule has 3 aliphatic rings. The number of carbonyl (C=O) groups excluding carboxylic acids is 1. The van der Waals surface area contributed by atoms with Crippen LogP contribution in [-0.2, 0) is 17.8 Å². The minimum atomic E-state index is -0.779. The SMILES string of the molecule is COc1ccc(CN(Cc2ccc(OC)cc2)c2cc3cccc(F)c3c(-c3ncc4c(N(C)[C@@H]5CCN(C(=O)OC(C)(C)C)C5)nc(OCC56CCCN5CCC6)nc4c3F)n2)cc1. The van der Waals surface area contributed by atoms with Crippen LogP contribution in [-0.4, -0.2) is 107 Å². The van der Waals surface area contributed by atoms with Gasteiger partial charge in [0, 0.05) is 50.9 Å². The second-order valence-corrected chi connectivity index (χ2v) is 18.4. The summed E-state index contributed by atoms with van der Waals surface area (Å²) >= 11 is 0. The van der Waals surface area contributed by atoms with Gasteiger partial charge in [0.2, 0.25) is 0 Å². The van der Waals surface area contributed by atoms with Crippen molar-refractivity contribution in [3.8, 4) is 28.9 Å². The number of benzene rings is 3. The first-order valence-electron chi connectivity index (χ1n) is 22.4. The number of pyridine rings is 2. The average molecular weight is 887 g/mol. The van der Waals surface area contributed by atoms with E-state index < -0.39 is 17.2 Å². The van der Waals surface area contributed by atoms with Crippen LogP contribution < -0.4 is 24.0 Å². The Morgan fingerprint density at radius 3 is 2.15 bits per heavy atom. The molecule has 65 heavy (non-hydrogen) atoms. The van der Waals surface area contributed by atoms with Crippen LogP contribution in [0.2, 0.25) is 0 Å². The molecule has 0 aliphatic carbocycles. The molecular formula is C50H56F2N8O5. The van der Waals surface area contributed by atoms with E-state index in [4.69, 9.17) is 38.9 Å². The van der Waals surface area contributed by atoms with Crippen molar-refractivity contribution in [3.05, 3.63) is 102 Å². The van der Waals surface area contributed by atoms with Crippen LogP contribution in [0.4, 0.5) is 25.2 Å². The maximum atomic E-state index is 17.8. The number of rotatable bonds is 13. The topological polar surface area (TPSA) is 119 Å². The van der Waals surface area contributed by atoms with Crippen molar-refractivity contribution in [2.24, 2.45) is 0 Å². The van der Waals surface area contributed by atoms with Crippen LogP contribution in [0.5, 0.6) is 17.5 Å². The number of amides is 1. The summed E-state index contributed by atoms with van der Waals surface area (Å²) in [7, 11) is 5.13. The molecule has 6 aromatic rings. The van der Waals surface area contributed by atoms with Crippen LogP contribution in [0.1, 0.15) is 64.0 Å². The molecule has 0 spiro atoms. The van der Waals surface area contributed by atoms with Gasteiger partial charge in [0.1, 0.15) is 58.1 Å². The molecule has 13 nitrogen and oxygen atoms in total. The van der Waals surface area contributed by atoms with E-state index in [2.05, 4.69) is 9.80 Å². The van der Waals surface area contributed by atoms with E-state index in [9.17, 15) is 4.79 Å². The second-order valence-electron chi connectivity index (χ2n) is 18.4. The van der Waals surface area contributed by atoms with E-state index in [1.54, 1.807) is 31.3 Å². The number of likely N-dealkylation sites (N-methyl/N-ethyl adjacent to an activating group) is 1. The Labute approximate surface area is 378 Å². The van der Waals surface area contributed by atoms with E-state index in [0.29, 0.717) is 61.6 Å². The smallest absolute Gasteiger partial charge is 0.410 e. The molecule has 6 heterocycles. The van der Waals surface area contributed by atoms with Gasteiger partial charge < -0.3 is 33.6 Å². The number of likely N-dealkylation sites (tertiary alicyclic amines) is 1. The Morgan fingerprint density at radius 1 is 0.862 bits per heavy atom. The molecule has 15 heteroatoms. The van der Waals surface area contributed by atoms with Crippen molar-refractivity contribution < 1.29 is 32.5 Å².